The summed E-state index contributed by atoms with van der Waals surface area (Å²) in [7, 11) is 0. The monoisotopic (exact) mass is 266 g/mol. The van der Waals surface area contributed by atoms with Crippen LogP contribution in [0.2, 0.25) is 0 Å². The number of benzene rings is 1. The molecule has 2 rings (SSSR count). The van der Waals surface area contributed by atoms with Gasteiger partial charge >= 0.3 is 0 Å². The normalized spacial score (nSPS) is 10.8. The molecule has 0 bridgehead atoms. The van der Waals surface area contributed by atoms with Gasteiger partial charge in [-0.25, -0.2) is 4.39 Å². The molecule has 1 aromatic heterocycles. The van der Waals surface area contributed by atoms with Gasteiger partial charge in [-0.3, -0.25) is 4.68 Å². The standard InChI is InChI=1S/C14H16ClFN2/c1-2-3-14-12(8-15)9-17-18(14)10-11-4-6-13(16)7-5-11/h4-7,9H,2-3,8,10H2,1H3. The molecule has 2 aromatic rings. The average molecular weight is 267 g/mol. The highest BCUT2D eigenvalue weighted by molar-refractivity contribution is 6.17. The second-order valence-electron chi connectivity index (χ2n) is 4.28. The Morgan fingerprint density at radius 1 is 1.28 bits per heavy atom. The zero-order valence-corrected chi connectivity index (χ0v) is 11.1. The van der Waals surface area contributed by atoms with Crippen molar-refractivity contribution < 1.29 is 4.39 Å². The minimum atomic E-state index is -0.213. The van der Waals surface area contributed by atoms with Crippen LogP contribution in [0.1, 0.15) is 30.2 Å². The lowest BCUT2D eigenvalue weighted by Gasteiger charge is -2.08. The molecule has 0 saturated carbocycles. The molecule has 0 aliphatic carbocycles. The molecule has 0 radical (unpaired) electrons. The number of hydrogen-bond donors (Lipinski definition) is 0. The van der Waals surface area contributed by atoms with Crippen molar-refractivity contribution >= 4 is 11.6 Å². The van der Waals surface area contributed by atoms with Crippen molar-refractivity contribution in [2.75, 3.05) is 0 Å². The Morgan fingerprint density at radius 2 is 2.00 bits per heavy atom. The molecule has 96 valence electrons. The van der Waals surface area contributed by atoms with E-state index < -0.39 is 0 Å². The van der Waals surface area contributed by atoms with Crippen LogP contribution in [0, 0.1) is 5.82 Å². The maximum atomic E-state index is 12.8. The zero-order valence-electron chi connectivity index (χ0n) is 10.4. The van der Waals surface area contributed by atoms with E-state index in [1.165, 1.54) is 17.8 Å². The van der Waals surface area contributed by atoms with E-state index in [9.17, 15) is 4.39 Å². The maximum absolute atomic E-state index is 12.8. The van der Waals surface area contributed by atoms with E-state index >= 15 is 0 Å². The Labute approximate surface area is 111 Å². The van der Waals surface area contributed by atoms with E-state index in [1.54, 1.807) is 12.1 Å². The third kappa shape index (κ3) is 2.91. The van der Waals surface area contributed by atoms with E-state index in [-0.39, 0.29) is 5.82 Å². The summed E-state index contributed by atoms with van der Waals surface area (Å²) in [4.78, 5) is 0. The van der Waals surface area contributed by atoms with Crippen LogP contribution in [0.15, 0.2) is 30.5 Å². The SMILES string of the molecule is CCCc1c(CCl)cnn1Cc1ccc(F)cc1. The number of nitrogens with zero attached hydrogens (tertiary/aromatic N) is 2. The van der Waals surface area contributed by atoms with Crippen molar-refractivity contribution in [3.05, 3.63) is 53.1 Å². The van der Waals surface area contributed by atoms with Gasteiger partial charge < -0.3 is 0 Å². The van der Waals surface area contributed by atoms with E-state index in [2.05, 4.69) is 12.0 Å². The molecule has 18 heavy (non-hydrogen) atoms. The molecule has 0 fully saturated rings. The first-order chi connectivity index (χ1) is 8.74. The quantitative estimate of drug-likeness (QED) is 0.754. The minimum Gasteiger partial charge on any atom is -0.265 e. The van der Waals surface area contributed by atoms with E-state index in [0.29, 0.717) is 12.4 Å². The van der Waals surface area contributed by atoms with Gasteiger partial charge in [-0.1, -0.05) is 25.5 Å². The first-order valence-corrected chi connectivity index (χ1v) is 6.62. The maximum Gasteiger partial charge on any atom is 0.123 e. The third-order valence-electron chi connectivity index (χ3n) is 2.91. The minimum absolute atomic E-state index is 0.213. The molecular weight excluding hydrogens is 251 g/mol. The van der Waals surface area contributed by atoms with Crippen LogP contribution in [0.25, 0.3) is 0 Å². The van der Waals surface area contributed by atoms with Crippen LogP contribution >= 0.6 is 11.6 Å². The number of hydrogen-bond acceptors (Lipinski definition) is 1. The van der Waals surface area contributed by atoms with Crippen LogP contribution < -0.4 is 0 Å². The summed E-state index contributed by atoms with van der Waals surface area (Å²) >= 11 is 5.90. The molecule has 0 atom stereocenters. The highest BCUT2D eigenvalue weighted by Gasteiger charge is 2.09. The fraction of sp³-hybridized carbons (Fsp3) is 0.357. The largest absolute Gasteiger partial charge is 0.265 e. The topological polar surface area (TPSA) is 17.8 Å². The Bertz CT molecular complexity index is 505. The summed E-state index contributed by atoms with van der Waals surface area (Å²) in [6.45, 7) is 2.79. The number of alkyl halides is 1. The fourth-order valence-corrected chi connectivity index (χ4v) is 2.21. The summed E-state index contributed by atoms with van der Waals surface area (Å²) < 4.78 is 14.8. The number of aromatic nitrogens is 2. The predicted molar refractivity (Wildman–Crippen MR) is 71.3 cm³/mol. The Balaban J connectivity index is 2.22. The van der Waals surface area contributed by atoms with Crippen LogP contribution in [0.4, 0.5) is 4.39 Å². The molecule has 0 N–H and O–H groups in total. The summed E-state index contributed by atoms with van der Waals surface area (Å²) in [6, 6.07) is 6.52. The summed E-state index contributed by atoms with van der Waals surface area (Å²) in [5.41, 5.74) is 3.30. The van der Waals surface area contributed by atoms with Gasteiger partial charge in [-0.2, -0.15) is 5.10 Å². The van der Waals surface area contributed by atoms with Gasteiger partial charge in [-0.15, -0.1) is 11.6 Å². The van der Waals surface area contributed by atoms with Gasteiger partial charge in [0.25, 0.3) is 0 Å². The number of rotatable bonds is 5. The van der Waals surface area contributed by atoms with Crippen LogP contribution in [0.5, 0.6) is 0 Å². The summed E-state index contributed by atoms with van der Waals surface area (Å²) in [6.07, 6.45) is 3.84. The predicted octanol–water partition coefficient (Wildman–Crippen LogP) is 3.76. The fourth-order valence-electron chi connectivity index (χ4n) is 1.99. The summed E-state index contributed by atoms with van der Waals surface area (Å²) in [5, 5.41) is 4.36. The first kappa shape index (κ1) is 13.1. The van der Waals surface area contributed by atoms with Crippen molar-refractivity contribution in [1.82, 2.24) is 9.78 Å². The van der Waals surface area contributed by atoms with Crippen LogP contribution in [0.3, 0.4) is 0 Å². The lowest BCUT2D eigenvalue weighted by atomic mass is 10.1. The van der Waals surface area contributed by atoms with Gasteiger partial charge in [-0.05, 0) is 24.1 Å². The molecular formula is C14H16ClFN2. The molecule has 0 saturated heterocycles. The van der Waals surface area contributed by atoms with Crippen molar-refractivity contribution in [2.45, 2.75) is 32.2 Å². The highest BCUT2D eigenvalue weighted by Crippen LogP contribution is 2.15. The summed E-state index contributed by atoms with van der Waals surface area (Å²) in [5.74, 6) is 0.271. The Hall–Kier alpha value is -1.35. The molecule has 1 heterocycles. The second kappa shape index (κ2) is 6.01. The van der Waals surface area contributed by atoms with E-state index in [1.807, 2.05) is 10.9 Å². The van der Waals surface area contributed by atoms with Crippen LogP contribution in [-0.4, -0.2) is 9.78 Å². The van der Waals surface area contributed by atoms with Gasteiger partial charge in [0.15, 0.2) is 0 Å². The molecule has 4 heteroatoms. The molecule has 1 aromatic carbocycles. The molecule has 0 unspecified atom stereocenters. The molecule has 0 aliphatic heterocycles. The lowest BCUT2D eigenvalue weighted by Crippen LogP contribution is -2.07. The van der Waals surface area contributed by atoms with Crippen molar-refractivity contribution in [2.24, 2.45) is 0 Å². The first-order valence-electron chi connectivity index (χ1n) is 6.08. The van der Waals surface area contributed by atoms with Gasteiger partial charge in [0.1, 0.15) is 5.82 Å². The second-order valence-corrected chi connectivity index (χ2v) is 4.55. The number of halogens is 2. The van der Waals surface area contributed by atoms with Crippen molar-refractivity contribution in [1.29, 1.82) is 0 Å². The van der Waals surface area contributed by atoms with E-state index in [4.69, 9.17) is 11.6 Å². The average Bonchev–Trinajstić information content (AvgIpc) is 2.75. The molecule has 0 spiro atoms. The Morgan fingerprint density at radius 3 is 2.61 bits per heavy atom. The highest BCUT2D eigenvalue weighted by atomic mass is 35.5. The van der Waals surface area contributed by atoms with E-state index in [0.717, 1.165) is 24.0 Å². The van der Waals surface area contributed by atoms with Gasteiger partial charge in [0.2, 0.25) is 0 Å². The lowest BCUT2D eigenvalue weighted by molar-refractivity contribution is 0.618. The third-order valence-corrected chi connectivity index (χ3v) is 3.20. The molecule has 2 nitrogen and oxygen atoms in total. The van der Waals surface area contributed by atoms with Gasteiger partial charge in [0.05, 0.1) is 18.6 Å². The van der Waals surface area contributed by atoms with Crippen LogP contribution in [-0.2, 0) is 18.8 Å². The zero-order chi connectivity index (χ0) is 13.0. The van der Waals surface area contributed by atoms with Crippen molar-refractivity contribution in [3.63, 3.8) is 0 Å². The van der Waals surface area contributed by atoms with Crippen molar-refractivity contribution in [3.8, 4) is 0 Å². The Kier molecular flexibility index (Phi) is 4.37. The molecule has 0 amide bonds. The molecule has 0 aliphatic rings. The van der Waals surface area contributed by atoms with Gasteiger partial charge in [0, 0.05) is 11.3 Å². The smallest absolute Gasteiger partial charge is 0.123 e.